The fourth-order valence-electron chi connectivity index (χ4n) is 2.56. The fraction of sp³-hybridized carbons (Fsp3) is 0.308. The second-order valence-electron chi connectivity index (χ2n) is 4.80. The zero-order valence-electron chi connectivity index (χ0n) is 10.7. The maximum absolute atomic E-state index is 12.8. The lowest BCUT2D eigenvalue weighted by Crippen LogP contribution is -2.40. The number of nitrogens with zero attached hydrogens (tertiary/aromatic N) is 2. The molecule has 2 N–H and O–H groups in total. The molecule has 1 aromatic heterocycles. The van der Waals surface area contributed by atoms with Crippen LogP contribution >= 0.6 is 11.6 Å². The highest BCUT2D eigenvalue weighted by Crippen LogP contribution is 2.32. The first-order valence-electron chi connectivity index (χ1n) is 6.31. The Morgan fingerprint density at radius 1 is 1.35 bits per heavy atom. The van der Waals surface area contributed by atoms with Gasteiger partial charge < -0.3 is 5.73 Å². The van der Waals surface area contributed by atoms with E-state index in [4.69, 9.17) is 17.3 Å². The van der Waals surface area contributed by atoms with E-state index in [-0.39, 0.29) is 4.90 Å². The van der Waals surface area contributed by atoms with Gasteiger partial charge in [-0.2, -0.15) is 4.31 Å². The number of fused-ring (bicyclic) bond motifs is 1. The van der Waals surface area contributed by atoms with Gasteiger partial charge in [-0.15, -0.1) is 0 Å². The smallest absolute Gasteiger partial charge is 0.245 e. The Kier molecular flexibility index (Phi) is 3.41. The molecule has 2 heterocycles. The van der Waals surface area contributed by atoms with Crippen molar-refractivity contribution in [1.82, 2.24) is 9.29 Å². The fourth-order valence-corrected chi connectivity index (χ4v) is 4.71. The highest BCUT2D eigenvalue weighted by molar-refractivity contribution is 7.89. The van der Waals surface area contributed by atoms with Crippen LogP contribution in [0.2, 0.25) is 5.02 Å². The average Bonchev–Trinajstić information content (AvgIpc) is 2.85. The molecular formula is C13H14ClN3O2S. The van der Waals surface area contributed by atoms with E-state index < -0.39 is 16.2 Å². The Hall–Kier alpha value is -1.21. The molecule has 3 rings (SSSR count). The molecule has 20 heavy (non-hydrogen) atoms. The largest absolute Gasteiger partial charge is 0.315 e. The molecule has 106 valence electrons. The van der Waals surface area contributed by atoms with Gasteiger partial charge in [0.1, 0.15) is 0 Å². The number of hydrogen-bond acceptors (Lipinski definition) is 4. The maximum atomic E-state index is 12.8. The van der Waals surface area contributed by atoms with Crippen LogP contribution < -0.4 is 5.73 Å². The molecule has 0 saturated carbocycles. The van der Waals surface area contributed by atoms with Crippen LogP contribution in [0.1, 0.15) is 12.8 Å². The molecule has 0 radical (unpaired) electrons. The quantitative estimate of drug-likeness (QED) is 0.919. The molecule has 0 spiro atoms. The van der Waals surface area contributed by atoms with Gasteiger partial charge >= 0.3 is 0 Å². The van der Waals surface area contributed by atoms with Crippen molar-refractivity contribution in [3.63, 3.8) is 0 Å². The standard InChI is InChI=1S/C13H14ClN3O2S/c14-10-8-16-7-9-3-1-4-11(13(9)10)20(18,19)17-6-2-5-12(17)15/h1,3-4,7-8,12H,2,5-6,15H2. The molecule has 1 atom stereocenters. The van der Waals surface area contributed by atoms with Crippen molar-refractivity contribution in [1.29, 1.82) is 0 Å². The third kappa shape index (κ3) is 2.09. The first-order valence-corrected chi connectivity index (χ1v) is 8.13. The third-order valence-electron chi connectivity index (χ3n) is 3.53. The molecule has 1 aliphatic heterocycles. The average molecular weight is 312 g/mol. The molecule has 1 aliphatic rings. The van der Waals surface area contributed by atoms with Gasteiger partial charge in [0.15, 0.2) is 0 Å². The summed E-state index contributed by atoms with van der Waals surface area (Å²) in [4.78, 5) is 4.18. The number of nitrogens with two attached hydrogens (primary N) is 1. The summed E-state index contributed by atoms with van der Waals surface area (Å²) >= 11 is 6.13. The molecule has 1 aromatic carbocycles. The van der Waals surface area contributed by atoms with Crippen molar-refractivity contribution in [3.8, 4) is 0 Å². The minimum Gasteiger partial charge on any atom is -0.315 e. The Morgan fingerprint density at radius 3 is 2.85 bits per heavy atom. The van der Waals surface area contributed by atoms with Gasteiger partial charge in [0.2, 0.25) is 10.0 Å². The van der Waals surface area contributed by atoms with E-state index in [1.54, 1.807) is 24.4 Å². The topological polar surface area (TPSA) is 76.3 Å². The summed E-state index contributed by atoms with van der Waals surface area (Å²) in [5.74, 6) is 0. The lowest BCUT2D eigenvalue weighted by molar-refractivity contribution is 0.396. The summed E-state index contributed by atoms with van der Waals surface area (Å²) < 4.78 is 26.9. The summed E-state index contributed by atoms with van der Waals surface area (Å²) in [5.41, 5.74) is 5.89. The Morgan fingerprint density at radius 2 is 2.15 bits per heavy atom. The molecular weight excluding hydrogens is 298 g/mol. The molecule has 0 aliphatic carbocycles. The van der Waals surface area contributed by atoms with Crippen LogP contribution in [0, 0.1) is 0 Å². The predicted octanol–water partition coefficient (Wildman–Crippen LogP) is 1.96. The SMILES string of the molecule is NC1CCCN1S(=O)(=O)c1cccc2cncc(Cl)c12. The van der Waals surface area contributed by atoms with Crippen molar-refractivity contribution in [2.24, 2.45) is 5.73 Å². The van der Waals surface area contributed by atoms with Crippen LogP contribution in [-0.4, -0.2) is 30.4 Å². The Bertz CT molecular complexity index is 758. The van der Waals surface area contributed by atoms with E-state index in [1.165, 1.54) is 10.5 Å². The number of hydrogen-bond donors (Lipinski definition) is 1. The summed E-state index contributed by atoms with van der Waals surface area (Å²) in [6.07, 6.45) is 4.05. The number of benzene rings is 1. The van der Waals surface area contributed by atoms with E-state index >= 15 is 0 Å². The maximum Gasteiger partial charge on any atom is 0.245 e. The van der Waals surface area contributed by atoms with Crippen LogP contribution in [0.4, 0.5) is 0 Å². The van der Waals surface area contributed by atoms with E-state index in [9.17, 15) is 8.42 Å². The van der Waals surface area contributed by atoms with Gasteiger partial charge in [-0.05, 0) is 18.9 Å². The van der Waals surface area contributed by atoms with Crippen LogP contribution in [-0.2, 0) is 10.0 Å². The van der Waals surface area contributed by atoms with Crippen LogP contribution in [0.3, 0.4) is 0 Å². The van der Waals surface area contributed by atoms with E-state index in [1.807, 2.05) is 0 Å². The van der Waals surface area contributed by atoms with Gasteiger partial charge in [0, 0.05) is 29.7 Å². The second kappa shape index (κ2) is 4.96. The highest BCUT2D eigenvalue weighted by atomic mass is 35.5. The number of sulfonamides is 1. The van der Waals surface area contributed by atoms with E-state index in [0.29, 0.717) is 28.8 Å². The number of pyridine rings is 1. The van der Waals surface area contributed by atoms with Gasteiger partial charge in [0.25, 0.3) is 0 Å². The molecule has 0 amide bonds. The molecule has 1 saturated heterocycles. The summed E-state index contributed by atoms with van der Waals surface area (Å²) in [5, 5.41) is 1.53. The number of rotatable bonds is 2. The molecule has 1 unspecified atom stereocenters. The first-order chi connectivity index (χ1) is 9.51. The van der Waals surface area contributed by atoms with Crippen LogP contribution in [0.25, 0.3) is 10.8 Å². The Labute approximate surface area is 122 Å². The second-order valence-corrected chi connectivity index (χ2v) is 7.07. The highest BCUT2D eigenvalue weighted by Gasteiger charge is 2.34. The summed E-state index contributed by atoms with van der Waals surface area (Å²) in [7, 11) is -3.64. The van der Waals surface area contributed by atoms with Crippen LogP contribution in [0.15, 0.2) is 35.5 Å². The Balaban J connectivity index is 2.24. The monoisotopic (exact) mass is 311 g/mol. The molecule has 7 heteroatoms. The van der Waals surface area contributed by atoms with Gasteiger partial charge in [0.05, 0.1) is 16.1 Å². The van der Waals surface area contributed by atoms with Gasteiger partial charge in [-0.3, -0.25) is 4.98 Å². The minimum absolute atomic E-state index is 0.194. The van der Waals surface area contributed by atoms with Crippen molar-refractivity contribution in [2.45, 2.75) is 23.9 Å². The van der Waals surface area contributed by atoms with E-state index in [2.05, 4.69) is 4.98 Å². The molecule has 1 fully saturated rings. The van der Waals surface area contributed by atoms with Crippen molar-refractivity contribution in [3.05, 3.63) is 35.6 Å². The predicted molar refractivity (Wildman–Crippen MR) is 77.9 cm³/mol. The lowest BCUT2D eigenvalue weighted by Gasteiger charge is -2.21. The van der Waals surface area contributed by atoms with Crippen molar-refractivity contribution < 1.29 is 8.42 Å². The minimum atomic E-state index is -3.64. The normalized spacial score (nSPS) is 20.6. The zero-order valence-corrected chi connectivity index (χ0v) is 12.2. The molecule has 5 nitrogen and oxygen atoms in total. The number of halogens is 1. The van der Waals surface area contributed by atoms with Crippen molar-refractivity contribution >= 4 is 32.4 Å². The summed E-state index contributed by atoms with van der Waals surface area (Å²) in [6.45, 7) is 0.447. The zero-order chi connectivity index (χ0) is 14.3. The third-order valence-corrected chi connectivity index (χ3v) is 5.79. The molecule has 2 aromatic rings. The van der Waals surface area contributed by atoms with Crippen LogP contribution in [0.5, 0.6) is 0 Å². The summed E-state index contributed by atoms with van der Waals surface area (Å²) in [6, 6.07) is 5.04. The van der Waals surface area contributed by atoms with Gasteiger partial charge in [-0.1, -0.05) is 23.7 Å². The number of aromatic nitrogens is 1. The molecule has 0 bridgehead atoms. The van der Waals surface area contributed by atoms with Gasteiger partial charge in [-0.25, -0.2) is 8.42 Å². The lowest BCUT2D eigenvalue weighted by atomic mass is 10.2. The van der Waals surface area contributed by atoms with Crippen molar-refractivity contribution in [2.75, 3.05) is 6.54 Å². The first kappa shape index (κ1) is 13.8. The van der Waals surface area contributed by atoms with E-state index in [0.717, 1.165) is 6.42 Å².